The van der Waals surface area contributed by atoms with Gasteiger partial charge < -0.3 is 4.57 Å². The Morgan fingerprint density at radius 3 is 2.34 bits per heavy atom. The molecule has 0 bridgehead atoms. The van der Waals surface area contributed by atoms with E-state index in [1.807, 2.05) is 0 Å². The van der Waals surface area contributed by atoms with E-state index in [9.17, 15) is 35.6 Å². The normalized spacial score (nSPS) is 11.9. The molecule has 0 atom stereocenters. The SMILES string of the molecule is C=C(C)N(C)S(=O)(=O)NC(=O)c1cc(-n2c(=O)cc(C(F)(F)F)n(C)c2=S)c(F)cc1Cl. The second-order valence-electron chi connectivity index (χ2n) is 6.47. The summed E-state index contributed by atoms with van der Waals surface area (Å²) in [5.74, 6) is -2.49. The van der Waals surface area contributed by atoms with Crippen molar-refractivity contribution >= 4 is 39.9 Å². The van der Waals surface area contributed by atoms with Crippen molar-refractivity contribution in [2.24, 2.45) is 7.05 Å². The predicted molar refractivity (Wildman–Crippen MR) is 111 cm³/mol. The highest BCUT2D eigenvalue weighted by atomic mass is 35.5. The molecule has 0 saturated heterocycles. The minimum atomic E-state index is -4.91. The molecular formula is C17H15ClF4N4O4S2. The first kappa shape index (κ1) is 25.5. The molecule has 32 heavy (non-hydrogen) atoms. The fraction of sp³-hybridized carbons (Fsp3) is 0.235. The van der Waals surface area contributed by atoms with Gasteiger partial charge in [-0.2, -0.15) is 21.6 Å². The quantitative estimate of drug-likeness (QED) is 0.489. The lowest BCUT2D eigenvalue weighted by Gasteiger charge is -2.20. The summed E-state index contributed by atoms with van der Waals surface area (Å²) < 4.78 is 80.8. The predicted octanol–water partition coefficient (Wildman–Crippen LogP) is 3.16. The summed E-state index contributed by atoms with van der Waals surface area (Å²) in [6.07, 6.45) is -4.91. The monoisotopic (exact) mass is 514 g/mol. The van der Waals surface area contributed by atoms with Gasteiger partial charge in [0.05, 0.1) is 16.3 Å². The molecule has 174 valence electrons. The van der Waals surface area contributed by atoms with Gasteiger partial charge in [0.15, 0.2) is 4.77 Å². The van der Waals surface area contributed by atoms with Crippen molar-refractivity contribution in [3.05, 3.63) is 67.7 Å². The number of benzene rings is 1. The van der Waals surface area contributed by atoms with E-state index in [0.29, 0.717) is 25.6 Å². The lowest BCUT2D eigenvalue weighted by atomic mass is 10.1. The molecule has 0 fully saturated rings. The van der Waals surface area contributed by atoms with Crippen LogP contribution in [0, 0.1) is 10.6 Å². The molecule has 1 amide bonds. The molecule has 0 radical (unpaired) electrons. The summed E-state index contributed by atoms with van der Waals surface area (Å²) >= 11 is 10.7. The molecule has 0 unspecified atom stereocenters. The van der Waals surface area contributed by atoms with Crippen LogP contribution in [0.1, 0.15) is 23.0 Å². The Kier molecular flexibility index (Phi) is 6.92. The van der Waals surface area contributed by atoms with Gasteiger partial charge in [0.1, 0.15) is 11.5 Å². The minimum absolute atomic E-state index is 0.0655. The lowest BCUT2D eigenvalue weighted by Crippen LogP contribution is -2.40. The molecule has 0 aliphatic rings. The average molecular weight is 515 g/mol. The maximum absolute atomic E-state index is 14.6. The highest BCUT2D eigenvalue weighted by Crippen LogP contribution is 2.29. The van der Waals surface area contributed by atoms with Gasteiger partial charge in [0, 0.05) is 25.9 Å². The van der Waals surface area contributed by atoms with Crippen molar-refractivity contribution in [3.8, 4) is 5.69 Å². The van der Waals surface area contributed by atoms with Crippen molar-refractivity contribution < 1.29 is 30.8 Å². The minimum Gasteiger partial charge on any atom is -0.317 e. The number of nitrogens with one attached hydrogen (secondary N) is 1. The number of rotatable bonds is 5. The van der Waals surface area contributed by atoms with Crippen molar-refractivity contribution in [2.45, 2.75) is 13.1 Å². The molecule has 2 rings (SSSR count). The summed E-state index contributed by atoms with van der Waals surface area (Å²) in [4.78, 5) is 24.8. The Labute approximate surface area is 189 Å². The standard InChI is InChI=1S/C17H15ClF4N4O4S2/c1-8(2)25(4)32(29,30)23-15(28)9-5-12(11(19)6-10(9)18)26-14(27)7-13(17(20,21)22)24(3)16(26)31/h5-7H,1H2,2-4H3,(H,23,28). The fourth-order valence-electron chi connectivity index (χ4n) is 2.45. The molecule has 0 aliphatic heterocycles. The van der Waals surface area contributed by atoms with E-state index >= 15 is 0 Å². The Hall–Kier alpha value is -2.71. The number of nitrogens with zero attached hydrogens (tertiary/aromatic N) is 3. The first-order valence-corrected chi connectivity index (χ1v) is 10.6. The summed E-state index contributed by atoms with van der Waals surface area (Å²) in [6.45, 7) is 4.78. The molecule has 0 saturated carbocycles. The van der Waals surface area contributed by atoms with Crippen LogP contribution in [0.25, 0.3) is 5.69 Å². The third-order valence-electron chi connectivity index (χ3n) is 4.25. The van der Waals surface area contributed by atoms with Gasteiger partial charge in [-0.3, -0.25) is 18.5 Å². The molecule has 1 heterocycles. The third-order valence-corrected chi connectivity index (χ3v) is 6.50. The van der Waals surface area contributed by atoms with Crippen molar-refractivity contribution in [1.29, 1.82) is 0 Å². The summed E-state index contributed by atoms with van der Waals surface area (Å²) in [5.41, 5.74) is -3.92. The molecule has 1 N–H and O–H groups in total. The van der Waals surface area contributed by atoms with Gasteiger partial charge in [-0.15, -0.1) is 0 Å². The van der Waals surface area contributed by atoms with Gasteiger partial charge >= 0.3 is 16.4 Å². The second kappa shape index (κ2) is 8.67. The molecular weight excluding hydrogens is 500 g/mol. The topological polar surface area (TPSA) is 93.4 Å². The molecule has 8 nitrogen and oxygen atoms in total. The highest BCUT2D eigenvalue weighted by Gasteiger charge is 2.35. The number of halogens is 5. The van der Waals surface area contributed by atoms with Crippen LogP contribution in [0.2, 0.25) is 5.02 Å². The van der Waals surface area contributed by atoms with Crippen molar-refractivity contribution in [3.63, 3.8) is 0 Å². The summed E-state index contributed by atoms with van der Waals surface area (Å²) in [7, 11) is -2.36. The zero-order valence-electron chi connectivity index (χ0n) is 16.6. The van der Waals surface area contributed by atoms with Crippen LogP contribution in [-0.2, 0) is 23.4 Å². The van der Waals surface area contributed by atoms with E-state index < -0.39 is 60.4 Å². The summed E-state index contributed by atoms with van der Waals surface area (Å²) in [5, 5.41) is -0.521. The molecule has 15 heteroatoms. The van der Waals surface area contributed by atoms with Crippen LogP contribution in [0.5, 0.6) is 0 Å². The number of alkyl halides is 3. The Morgan fingerprint density at radius 1 is 1.28 bits per heavy atom. The van der Waals surface area contributed by atoms with Gasteiger partial charge in [-0.05, 0) is 31.3 Å². The van der Waals surface area contributed by atoms with Crippen molar-refractivity contribution in [1.82, 2.24) is 18.2 Å². The maximum atomic E-state index is 14.6. The number of carbonyl (C=O) groups is 1. The third kappa shape index (κ3) is 4.86. The number of amides is 1. The Morgan fingerprint density at radius 2 is 1.84 bits per heavy atom. The van der Waals surface area contributed by atoms with E-state index in [4.69, 9.17) is 23.8 Å². The van der Waals surface area contributed by atoms with Crippen LogP contribution in [0.4, 0.5) is 17.6 Å². The number of aromatic nitrogens is 2. The zero-order chi connectivity index (χ0) is 24.8. The molecule has 1 aromatic heterocycles. The van der Waals surface area contributed by atoms with Gasteiger partial charge in [-0.25, -0.2) is 9.11 Å². The molecule has 1 aromatic carbocycles. The largest absolute Gasteiger partial charge is 0.431 e. The number of allylic oxidation sites excluding steroid dienone is 1. The Balaban J connectivity index is 2.69. The first-order chi connectivity index (χ1) is 14.5. The summed E-state index contributed by atoms with van der Waals surface area (Å²) in [6, 6.07) is 1.50. The molecule has 2 aromatic rings. The van der Waals surface area contributed by atoms with Crippen LogP contribution in [0.15, 0.2) is 35.3 Å². The number of carbonyl (C=O) groups excluding carboxylic acids is 1. The van der Waals surface area contributed by atoms with Gasteiger partial charge in [0.25, 0.3) is 11.5 Å². The van der Waals surface area contributed by atoms with Crippen LogP contribution in [0.3, 0.4) is 0 Å². The molecule has 0 spiro atoms. The van der Waals surface area contributed by atoms with Gasteiger partial charge in [-0.1, -0.05) is 18.2 Å². The van der Waals surface area contributed by atoms with Crippen molar-refractivity contribution in [2.75, 3.05) is 7.05 Å². The van der Waals surface area contributed by atoms with Crippen LogP contribution in [-0.4, -0.2) is 34.8 Å². The zero-order valence-corrected chi connectivity index (χ0v) is 19.0. The fourth-order valence-corrected chi connectivity index (χ4v) is 3.86. The van der Waals surface area contributed by atoms with Crippen LogP contribution >= 0.6 is 23.8 Å². The smallest absolute Gasteiger partial charge is 0.317 e. The van der Waals surface area contributed by atoms with E-state index in [1.54, 1.807) is 4.72 Å². The van der Waals surface area contributed by atoms with E-state index in [0.717, 1.165) is 14.1 Å². The van der Waals surface area contributed by atoms with E-state index in [-0.39, 0.29) is 11.8 Å². The lowest BCUT2D eigenvalue weighted by molar-refractivity contribution is -0.143. The van der Waals surface area contributed by atoms with Gasteiger partial charge in [0.2, 0.25) is 0 Å². The van der Waals surface area contributed by atoms with Crippen LogP contribution < -0.4 is 10.3 Å². The maximum Gasteiger partial charge on any atom is 0.431 e. The highest BCUT2D eigenvalue weighted by molar-refractivity contribution is 7.87. The van der Waals surface area contributed by atoms with E-state index in [2.05, 4.69) is 6.58 Å². The molecule has 0 aliphatic carbocycles. The average Bonchev–Trinajstić information content (AvgIpc) is 2.64. The number of hydrogen-bond donors (Lipinski definition) is 1. The Bertz CT molecular complexity index is 1350. The number of hydrogen-bond acceptors (Lipinski definition) is 5. The second-order valence-corrected chi connectivity index (χ2v) is 8.94. The van der Waals surface area contributed by atoms with E-state index in [1.165, 1.54) is 6.92 Å². The first-order valence-electron chi connectivity index (χ1n) is 8.35.